The van der Waals surface area contributed by atoms with Gasteiger partial charge < -0.3 is 5.73 Å². The summed E-state index contributed by atoms with van der Waals surface area (Å²) in [7, 11) is -1.69. The van der Waals surface area contributed by atoms with E-state index in [-0.39, 0.29) is 6.04 Å². The minimum atomic E-state index is -3.34. The van der Waals surface area contributed by atoms with Crippen molar-refractivity contribution in [1.82, 2.24) is 13.5 Å². The molecule has 2 rings (SSSR count). The van der Waals surface area contributed by atoms with Crippen LogP contribution in [0.4, 0.5) is 0 Å². The van der Waals surface area contributed by atoms with Crippen LogP contribution in [-0.4, -0.2) is 73.8 Å². The highest BCUT2D eigenvalue weighted by Gasteiger charge is 2.40. The van der Waals surface area contributed by atoms with Gasteiger partial charge in [0.1, 0.15) is 0 Å². The van der Waals surface area contributed by atoms with E-state index in [0.717, 1.165) is 19.5 Å². The molecule has 7 heteroatoms. The number of hydrogen-bond acceptors (Lipinski definition) is 4. The zero-order valence-electron chi connectivity index (χ0n) is 12.0. The lowest BCUT2D eigenvalue weighted by Crippen LogP contribution is -2.59. The van der Waals surface area contributed by atoms with E-state index in [2.05, 4.69) is 4.90 Å². The fourth-order valence-corrected chi connectivity index (χ4v) is 4.69. The Balaban J connectivity index is 2.06. The van der Waals surface area contributed by atoms with Gasteiger partial charge in [-0.25, -0.2) is 0 Å². The normalized spacial score (nSPS) is 29.9. The predicted molar refractivity (Wildman–Crippen MR) is 76.0 cm³/mol. The predicted octanol–water partition coefficient (Wildman–Crippen LogP) is -0.320. The molecule has 112 valence electrons. The van der Waals surface area contributed by atoms with E-state index in [0.29, 0.717) is 32.1 Å². The number of fused-ring (bicyclic) bond motifs is 1. The van der Waals surface area contributed by atoms with E-state index < -0.39 is 10.2 Å². The zero-order chi connectivity index (χ0) is 14.0. The summed E-state index contributed by atoms with van der Waals surface area (Å²) in [6.07, 6.45) is 3.01. The fourth-order valence-electron chi connectivity index (χ4n) is 3.09. The van der Waals surface area contributed by atoms with Crippen LogP contribution < -0.4 is 5.73 Å². The van der Waals surface area contributed by atoms with Gasteiger partial charge in [0.15, 0.2) is 0 Å². The van der Waals surface area contributed by atoms with Crippen molar-refractivity contribution < 1.29 is 8.42 Å². The average Bonchev–Trinajstić information content (AvgIpc) is 2.81. The highest BCUT2D eigenvalue weighted by molar-refractivity contribution is 7.86. The second-order valence-corrected chi connectivity index (χ2v) is 7.67. The van der Waals surface area contributed by atoms with Gasteiger partial charge >= 0.3 is 0 Å². The maximum Gasteiger partial charge on any atom is 0.282 e. The fraction of sp³-hybridized carbons (Fsp3) is 1.00. The Morgan fingerprint density at radius 1 is 1.37 bits per heavy atom. The molecule has 2 aliphatic heterocycles. The molecule has 0 aliphatic carbocycles. The molecule has 0 radical (unpaired) electrons. The van der Waals surface area contributed by atoms with Crippen LogP contribution in [0.5, 0.6) is 0 Å². The molecule has 2 aliphatic rings. The lowest BCUT2D eigenvalue weighted by molar-refractivity contribution is 0.112. The molecule has 0 amide bonds. The molecule has 19 heavy (non-hydrogen) atoms. The molecule has 0 bridgehead atoms. The van der Waals surface area contributed by atoms with E-state index in [1.165, 1.54) is 10.7 Å². The van der Waals surface area contributed by atoms with Crippen LogP contribution in [0, 0.1) is 0 Å². The van der Waals surface area contributed by atoms with Gasteiger partial charge in [0, 0.05) is 38.8 Å². The molecule has 0 aromatic rings. The van der Waals surface area contributed by atoms with Gasteiger partial charge in [0.05, 0.1) is 0 Å². The third-order valence-electron chi connectivity index (χ3n) is 4.25. The van der Waals surface area contributed by atoms with Crippen molar-refractivity contribution in [2.24, 2.45) is 5.73 Å². The lowest BCUT2D eigenvalue weighted by Gasteiger charge is -2.42. The summed E-state index contributed by atoms with van der Waals surface area (Å²) < 4.78 is 28.3. The lowest BCUT2D eigenvalue weighted by atomic mass is 10.1. The van der Waals surface area contributed by atoms with Gasteiger partial charge in [0.2, 0.25) is 0 Å². The summed E-state index contributed by atoms with van der Waals surface area (Å²) in [5.74, 6) is 0. The van der Waals surface area contributed by atoms with E-state index in [9.17, 15) is 8.42 Å². The molecule has 0 spiro atoms. The summed E-state index contributed by atoms with van der Waals surface area (Å²) in [5.41, 5.74) is 5.45. The first kappa shape index (κ1) is 15.2. The molecule has 2 unspecified atom stereocenters. The first-order valence-corrected chi connectivity index (χ1v) is 8.53. The summed E-state index contributed by atoms with van der Waals surface area (Å²) in [5, 5.41) is 0. The van der Waals surface area contributed by atoms with Crippen LogP contribution in [0.3, 0.4) is 0 Å². The molecule has 2 atom stereocenters. The van der Waals surface area contributed by atoms with Crippen LogP contribution in [0.15, 0.2) is 0 Å². The van der Waals surface area contributed by atoms with Crippen molar-refractivity contribution >= 4 is 10.2 Å². The van der Waals surface area contributed by atoms with E-state index in [4.69, 9.17) is 5.73 Å². The summed E-state index contributed by atoms with van der Waals surface area (Å²) >= 11 is 0. The van der Waals surface area contributed by atoms with Crippen molar-refractivity contribution in [3.05, 3.63) is 0 Å². The smallest absolute Gasteiger partial charge is 0.282 e. The van der Waals surface area contributed by atoms with Crippen LogP contribution in [-0.2, 0) is 10.2 Å². The third-order valence-corrected chi connectivity index (χ3v) is 6.32. The molecule has 6 nitrogen and oxygen atoms in total. The second kappa shape index (κ2) is 6.05. The van der Waals surface area contributed by atoms with Gasteiger partial charge in [-0.15, -0.1) is 0 Å². The molecular formula is C12H26N4O2S. The van der Waals surface area contributed by atoms with Crippen molar-refractivity contribution in [2.45, 2.75) is 38.3 Å². The van der Waals surface area contributed by atoms with Crippen LogP contribution in [0.25, 0.3) is 0 Å². The van der Waals surface area contributed by atoms with Crippen LogP contribution in [0.1, 0.15) is 26.2 Å². The van der Waals surface area contributed by atoms with Gasteiger partial charge in [-0.1, -0.05) is 0 Å². The van der Waals surface area contributed by atoms with Crippen molar-refractivity contribution in [2.75, 3.05) is 39.8 Å². The highest BCUT2D eigenvalue weighted by atomic mass is 32.2. The average molecular weight is 290 g/mol. The molecule has 2 N–H and O–H groups in total. The van der Waals surface area contributed by atoms with Gasteiger partial charge in [-0.2, -0.15) is 17.0 Å². The zero-order valence-corrected chi connectivity index (χ0v) is 12.8. The number of piperazine rings is 1. The first-order chi connectivity index (χ1) is 8.96. The number of nitrogens with two attached hydrogens (primary N) is 1. The second-order valence-electron chi connectivity index (χ2n) is 5.68. The Morgan fingerprint density at radius 2 is 2.11 bits per heavy atom. The van der Waals surface area contributed by atoms with Crippen molar-refractivity contribution in [3.8, 4) is 0 Å². The number of rotatable bonds is 5. The van der Waals surface area contributed by atoms with E-state index in [1.54, 1.807) is 11.4 Å². The Morgan fingerprint density at radius 3 is 2.79 bits per heavy atom. The Bertz CT molecular complexity index is 401. The van der Waals surface area contributed by atoms with Crippen LogP contribution >= 0.6 is 0 Å². The summed E-state index contributed by atoms with van der Waals surface area (Å²) in [6, 6.07) is 0.466. The Kier molecular flexibility index (Phi) is 4.84. The minimum Gasteiger partial charge on any atom is -0.330 e. The molecule has 0 aromatic heterocycles. The largest absolute Gasteiger partial charge is 0.330 e. The quantitative estimate of drug-likeness (QED) is 0.753. The Labute approximate surface area is 116 Å². The maximum absolute atomic E-state index is 12.6. The topological polar surface area (TPSA) is 69.9 Å². The minimum absolute atomic E-state index is 0.0553. The van der Waals surface area contributed by atoms with Crippen LogP contribution in [0.2, 0.25) is 0 Å². The van der Waals surface area contributed by atoms with Gasteiger partial charge in [0.25, 0.3) is 10.2 Å². The maximum atomic E-state index is 12.6. The summed E-state index contributed by atoms with van der Waals surface area (Å²) in [4.78, 5) is 2.43. The molecule has 2 fully saturated rings. The Hall–Kier alpha value is -0.210. The standard InChI is InChI=1S/C12H26N4O2S/c1-11-9-15-8-3-5-12(15)10-16(11)19(17,18)14(2)7-4-6-13/h11-12H,3-10,13H2,1-2H3. The third kappa shape index (κ3) is 3.11. The number of hydrogen-bond donors (Lipinski definition) is 1. The first-order valence-electron chi connectivity index (χ1n) is 7.14. The van der Waals surface area contributed by atoms with Gasteiger partial charge in [-0.3, -0.25) is 4.90 Å². The molecule has 2 heterocycles. The molecule has 0 saturated carbocycles. The van der Waals surface area contributed by atoms with Crippen molar-refractivity contribution in [3.63, 3.8) is 0 Å². The molecule has 0 aromatic carbocycles. The van der Waals surface area contributed by atoms with E-state index in [1.807, 2.05) is 6.92 Å². The van der Waals surface area contributed by atoms with Gasteiger partial charge in [-0.05, 0) is 39.3 Å². The molecule has 2 saturated heterocycles. The highest BCUT2D eigenvalue weighted by Crippen LogP contribution is 2.27. The number of nitrogens with zero attached hydrogens (tertiary/aromatic N) is 3. The van der Waals surface area contributed by atoms with Crippen molar-refractivity contribution in [1.29, 1.82) is 0 Å². The monoisotopic (exact) mass is 290 g/mol. The molecular weight excluding hydrogens is 264 g/mol. The van der Waals surface area contributed by atoms with E-state index >= 15 is 0 Å². The summed E-state index contributed by atoms with van der Waals surface area (Å²) in [6.45, 7) is 5.63. The SMILES string of the molecule is CC1CN2CCCC2CN1S(=O)(=O)N(C)CCCN.